The van der Waals surface area contributed by atoms with Gasteiger partial charge in [-0.05, 0) is 25.5 Å². The number of hydrogen-bond acceptors (Lipinski definition) is 6. The van der Waals surface area contributed by atoms with Gasteiger partial charge in [-0.1, -0.05) is 24.8 Å². The van der Waals surface area contributed by atoms with E-state index in [1.807, 2.05) is 35.7 Å². The number of hydrogen-bond donors (Lipinski definition) is 2. The third-order valence-corrected chi connectivity index (χ3v) is 4.74. The summed E-state index contributed by atoms with van der Waals surface area (Å²) in [6.45, 7) is 3.94. The molecule has 0 spiro atoms. The Kier molecular flexibility index (Phi) is 5.22. The first-order chi connectivity index (χ1) is 12.1. The van der Waals surface area contributed by atoms with Gasteiger partial charge in [0.05, 0.1) is 18.2 Å². The number of aromatic nitrogens is 3. The fourth-order valence-corrected chi connectivity index (χ4v) is 3.52. The first-order valence-corrected chi connectivity index (χ1v) is 9.02. The van der Waals surface area contributed by atoms with Crippen molar-refractivity contribution in [3.63, 3.8) is 0 Å². The van der Waals surface area contributed by atoms with Crippen LogP contribution in [0.3, 0.4) is 0 Å². The lowest BCUT2D eigenvalue weighted by Gasteiger charge is -2.28. The lowest BCUT2D eigenvalue weighted by atomic mass is 10.0. The Morgan fingerprint density at radius 1 is 1.36 bits per heavy atom. The van der Waals surface area contributed by atoms with Crippen molar-refractivity contribution in [3.8, 4) is 0 Å². The molecule has 0 fully saturated rings. The molecule has 0 aromatic carbocycles. The molecule has 0 saturated heterocycles. The number of nitrogens with zero attached hydrogens (tertiary/aromatic N) is 3. The van der Waals surface area contributed by atoms with Gasteiger partial charge in [-0.25, -0.2) is 9.59 Å². The molecular formula is C16H19N5O3S. The minimum absolute atomic E-state index is 0.280. The standard InChI is InChI=1S/C16H19N5O3S/c1-3-10-13(14(22)24-4-2)11(18-15(23)17-10)9-25-16-20-19-12-7-5-6-8-21(12)16/h5-8,10H,3-4,9H2,1-2H3,(H2,17,18,23)/t10-/m0/s1. The Balaban J connectivity index is 1.87. The van der Waals surface area contributed by atoms with Crippen LogP contribution < -0.4 is 10.6 Å². The highest BCUT2D eigenvalue weighted by Crippen LogP contribution is 2.24. The number of rotatable bonds is 6. The van der Waals surface area contributed by atoms with E-state index in [1.165, 1.54) is 11.8 Å². The molecule has 2 amide bonds. The van der Waals surface area contributed by atoms with E-state index in [9.17, 15) is 9.59 Å². The topological polar surface area (TPSA) is 97.6 Å². The lowest BCUT2D eigenvalue weighted by Crippen LogP contribution is -2.50. The average Bonchev–Trinajstić information content (AvgIpc) is 3.02. The Morgan fingerprint density at radius 2 is 2.20 bits per heavy atom. The van der Waals surface area contributed by atoms with Crippen molar-refractivity contribution in [3.05, 3.63) is 35.7 Å². The normalized spacial score (nSPS) is 17.4. The fourth-order valence-electron chi connectivity index (χ4n) is 2.63. The molecule has 25 heavy (non-hydrogen) atoms. The zero-order valence-electron chi connectivity index (χ0n) is 14.0. The molecule has 1 atom stereocenters. The summed E-state index contributed by atoms with van der Waals surface area (Å²) in [6, 6.07) is 4.96. The van der Waals surface area contributed by atoms with E-state index in [0.717, 1.165) is 5.65 Å². The number of thioether (sulfide) groups is 1. The molecule has 2 aromatic heterocycles. The SMILES string of the molecule is CCOC(=O)C1=C(CSc2nnc3ccccn23)NC(=O)N[C@H]1CC. The van der Waals surface area contributed by atoms with Gasteiger partial charge in [-0.2, -0.15) is 0 Å². The number of urea groups is 1. The van der Waals surface area contributed by atoms with Gasteiger partial charge < -0.3 is 15.4 Å². The number of ether oxygens (including phenoxy) is 1. The van der Waals surface area contributed by atoms with E-state index >= 15 is 0 Å². The van der Waals surface area contributed by atoms with E-state index in [2.05, 4.69) is 20.8 Å². The Morgan fingerprint density at radius 3 is 2.96 bits per heavy atom. The second kappa shape index (κ2) is 7.56. The highest BCUT2D eigenvalue weighted by atomic mass is 32.2. The molecule has 0 bridgehead atoms. The summed E-state index contributed by atoms with van der Waals surface area (Å²) in [5.41, 5.74) is 1.75. The summed E-state index contributed by atoms with van der Waals surface area (Å²) >= 11 is 1.40. The van der Waals surface area contributed by atoms with Crippen LogP contribution >= 0.6 is 11.8 Å². The third kappa shape index (κ3) is 3.60. The number of esters is 1. The van der Waals surface area contributed by atoms with E-state index in [4.69, 9.17) is 4.74 Å². The van der Waals surface area contributed by atoms with Gasteiger partial charge in [-0.15, -0.1) is 10.2 Å². The van der Waals surface area contributed by atoms with E-state index in [-0.39, 0.29) is 18.7 Å². The molecule has 132 valence electrons. The second-order valence-electron chi connectivity index (χ2n) is 5.37. The van der Waals surface area contributed by atoms with Gasteiger partial charge in [0.15, 0.2) is 10.8 Å². The Labute approximate surface area is 149 Å². The molecule has 3 rings (SSSR count). The number of carbonyl (C=O) groups is 2. The van der Waals surface area contributed by atoms with Gasteiger partial charge >= 0.3 is 12.0 Å². The van der Waals surface area contributed by atoms with Gasteiger partial charge in [-0.3, -0.25) is 4.40 Å². The van der Waals surface area contributed by atoms with Crippen molar-refractivity contribution in [2.24, 2.45) is 0 Å². The number of fused-ring (bicyclic) bond motifs is 1. The molecule has 0 unspecified atom stereocenters. The first kappa shape index (κ1) is 17.3. The number of nitrogens with one attached hydrogen (secondary N) is 2. The molecule has 2 N–H and O–H groups in total. The smallest absolute Gasteiger partial charge is 0.337 e. The van der Waals surface area contributed by atoms with Crippen LogP contribution in [-0.2, 0) is 9.53 Å². The predicted molar refractivity (Wildman–Crippen MR) is 93.1 cm³/mol. The van der Waals surface area contributed by atoms with Crippen LogP contribution in [0.1, 0.15) is 20.3 Å². The molecule has 0 aliphatic carbocycles. The monoisotopic (exact) mass is 361 g/mol. The highest BCUT2D eigenvalue weighted by molar-refractivity contribution is 7.99. The van der Waals surface area contributed by atoms with Gasteiger partial charge in [0.1, 0.15) is 0 Å². The van der Waals surface area contributed by atoms with Crippen molar-refractivity contribution in [1.82, 2.24) is 25.2 Å². The van der Waals surface area contributed by atoms with Crippen molar-refractivity contribution in [2.75, 3.05) is 12.4 Å². The number of pyridine rings is 1. The second-order valence-corrected chi connectivity index (χ2v) is 6.31. The van der Waals surface area contributed by atoms with Gasteiger partial charge in [0.2, 0.25) is 0 Å². The minimum atomic E-state index is -0.413. The average molecular weight is 361 g/mol. The maximum atomic E-state index is 12.3. The zero-order chi connectivity index (χ0) is 17.8. The van der Waals surface area contributed by atoms with E-state index in [1.54, 1.807) is 6.92 Å². The fraction of sp³-hybridized carbons (Fsp3) is 0.375. The molecule has 8 nitrogen and oxygen atoms in total. The van der Waals surface area contributed by atoms with Crippen LogP contribution in [-0.4, -0.2) is 45.0 Å². The molecule has 1 aliphatic rings. The maximum Gasteiger partial charge on any atom is 0.337 e. The summed E-state index contributed by atoms with van der Waals surface area (Å²) < 4.78 is 7.01. The van der Waals surface area contributed by atoms with Gasteiger partial charge in [0.25, 0.3) is 0 Å². The summed E-state index contributed by atoms with van der Waals surface area (Å²) in [6.07, 6.45) is 2.47. The number of carbonyl (C=O) groups excluding carboxylic acids is 2. The summed E-state index contributed by atoms with van der Waals surface area (Å²) in [5, 5.41) is 14.4. The molecule has 0 saturated carbocycles. The van der Waals surface area contributed by atoms with Crippen LogP contribution in [0, 0.1) is 0 Å². The maximum absolute atomic E-state index is 12.3. The molecule has 1 aliphatic heterocycles. The van der Waals surface area contributed by atoms with Crippen LogP contribution in [0.15, 0.2) is 40.8 Å². The van der Waals surface area contributed by atoms with Crippen molar-refractivity contribution >= 4 is 29.4 Å². The van der Waals surface area contributed by atoms with Gasteiger partial charge in [0, 0.05) is 17.6 Å². The largest absolute Gasteiger partial charge is 0.463 e. The lowest BCUT2D eigenvalue weighted by molar-refractivity contribution is -0.139. The van der Waals surface area contributed by atoms with E-state index in [0.29, 0.717) is 28.6 Å². The molecule has 2 aromatic rings. The molecule has 3 heterocycles. The first-order valence-electron chi connectivity index (χ1n) is 8.04. The van der Waals surface area contributed by atoms with Crippen LogP contribution in [0.25, 0.3) is 5.65 Å². The summed E-state index contributed by atoms with van der Waals surface area (Å²) in [7, 11) is 0. The van der Waals surface area contributed by atoms with Crippen LogP contribution in [0.2, 0.25) is 0 Å². The Bertz CT molecular complexity index is 832. The highest BCUT2D eigenvalue weighted by Gasteiger charge is 2.31. The van der Waals surface area contributed by atoms with E-state index < -0.39 is 5.97 Å². The Hall–Kier alpha value is -2.55. The summed E-state index contributed by atoms with van der Waals surface area (Å²) in [4.78, 5) is 24.2. The quantitative estimate of drug-likeness (QED) is 0.601. The van der Waals surface area contributed by atoms with Crippen molar-refractivity contribution in [2.45, 2.75) is 31.5 Å². The van der Waals surface area contributed by atoms with Crippen molar-refractivity contribution < 1.29 is 14.3 Å². The molecule has 0 radical (unpaired) electrons. The predicted octanol–water partition coefficient (Wildman–Crippen LogP) is 1.73. The minimum Gasteiger partial charge on any atom is -0.463 e. The molecule has 9 heteroatoms. The third-order valence-electron chi connectivity index (χ3n) is 3.77. The zero-order valence-corrected chi connectivity index (χ0v) is 14.8. The molecular weight excluding hydrogens is 342 g/mol. The van der Waals surface area contributed by atoms with Crippen LogP contribution in [0.5, 0.6) is 0 Å². The summed E-state index contributed by atoms with van der Waals surface area (Å²) in [5.74, 6) is -0.0307. The van der Waals surface area contributed by atoms with Crippen molar-refractivity contribution in [1.29, 1.82) is 0 Å². The number of amides is 2. The van der Waals surface area contributed by atoms with Crippen LogP contribution in [0.4, 0.5) is 4.79 Å².